The third kappa shape index (κ3) is 4.79. The van der Waals surface area contributed by atoms with Gasteiger partial charge in [-0.1, -0.05) is 36.4 Å². The summed E-state index contributed by atoms with van der Waals surface area (Å²) >= 11 is 0. The van der Waals surface area contributed by atoms with Gasteiger partial charge in [-0.25, -0.2) is 4.79 Å². The topological polar surface area (TPSA) is 65.5 Å². The highest BCUT2D eigenvalue weighted by Gasteiger charge is 2.17. The minimum absolute atomic E-state index is 0.00827. The lowest BCUT2D eigenvalue weighted by atomic mass is 10.0. The van der Waals surface area contributed by atoms with Gasteiger partial charge < -0.3 is 9.47 Å². The van der Waals surface area contributed by atoms with Crippen LogP contribution in [0.5, 0.6) is 5.75 Å². The number of nitrogens with zero attached hydrogens (tertiary/aromatic N) is 1. The predicted octanol–water partition coefficient (Wildman–Crippen LogP) is 3.83. The van der Waals surface area contributed by atoms with E-state index in [1.54, 1.807) is 18.3 Å². The zero-order chi connectivity index (χ0) is 19.1. The second-order valence-corrected chi connectivity index (χ2v) is 5.83. The molecule has 0 spiro atoms. The van der Waals surface area contributed by atoms with Crippen molar-refractivity contribution in [3.8, 4) is 5.75 Å². The molecule has 5 nitrogen and oxygen atoms in total. The summed E-state index contributed by atoms with van der Waals surface area (Å²) in [6.07, 6.45) is 3.19. The highest BCUT2D eigenvalue weighted by molar-refractivity contribution is 6.20. The third-order valence-electron chi connectivity index (χ3n) is 3.91. The molecule has 2 aromatic carbocycles. The van der Waals surface area contributed by atoms with Crippen molar-refractivity contribution in [2.24, 2.45) is 0 Å². The van der Waals surface area contributed by atoms with E-state index in [0.29, 0.717) is 5.75 Å². The monoisotopic (exact) mass is 361 g/mol. The molecule has 0 saturated carbocycles. The van der Waals surface area contributed by atoms with Crippen molar-refractivity contribution in [3.05, 3.63) is 78.0 Å². The van der Waals surface area contributed by atoms with Gasteiger partial charge in [0.1, 0.15) is 24.5 Å². The SMILES string of the molecule is CC(=O)C(=Cc1ccnc2ccccc12)C(=O)OCCOc1ccccc1. The fourth-order valence-corrected chi connectivity index (χ4v) is 2.59. The second kappa shape index (κ2) is 8.76. The molecular formula is C22H19NO4. The summed E-state index contributed by atoms with van der Waals surface area (Å²) in [7, 11) is 0. The van der Waals surface area contributed by atoms with Crippen molar-refractivity contribution in [3.63, 3.8) is 0 Å². The number of fused-ring (bicyclic) bond motifs is 1. The number of benzene rings is 2. The molecule has 3 rings (SSSR count). The lowest BCUT2D eigenvalue weighted by Gasteiger charge is -2.09. The summed E-state index contributed by atoms with van der Waals surface area (Å²) in [5.74, 6) is -0.330. The van der Waals surface area contributed by atoms with E-state index in [9.17, 15) is 9.59 Å². The number of hydrogen-bond donors (Lipinski definition) is 0. The largest absolute Gasteiger partial charge is 0.490 e. The van der Waals surface area contributed by atoms with E-state index in [1.165, 1.54) is 6.92 Å². The van der Waals surface area contributed by atoms with Crippen molar-refractivity contribution >= 4 is 28.7 Å². The van der Waals surface area contributed by atoms with Gasteiger partial charge in [0, 0.05) is 11.6 Å². The Labute approximate surface area is 157 Å². The summed E-state index contributed by atoms with van der Waals surface area (Å²) in [4.78, 5) is 28.6. The van der Waals surface area contributed by atoms with Gasteiger partial charge in [-0.2, -0.15) is 0 Å². The molecule has 0 atom stereocenters. The molecule has 0 aliphatic carbocycles. The van der Waals surface area contributed by atoms with Gasteiger partial charge in [0.25, 0.3) is 0 Å². The number of aromatic nitrogens is 1. The van der Waals surface area contributed by atoms with E-state index >= 15 is 0 Å². The fourth-order valence-electron chi connectivity index (χ4n) is 2.59. The first-order valence-electron chi connectivity index (χ1n) is 8.56. The maximum Gasteiger partial charge on any atom is 0.341 e. The number of para-hydroxylation sites is 2. The molecule has 0 saturated heterocycles. The van der Waals surface area contributed by atoms with Crippen LogP contribution in [0, 0.1) is 0 Å². The average Bonchev–Trinajstić information content (AvgIpc) is 2.70. The van der Waals surface area contributed by atoms with Crippen LogP contribution in [0.3, 0.4) is 0 Å². The van der Waals surface area contributed by atoms with Crippen LogP contribution in [-0.4, -0.2) is 30.0 Å². The molecular weight excluding hydrogens is 342 g/mol. The van der Waals surface area contributed by atoms with Crippen LogP contribution in [0.2, 0.25) is 0 Å². The third-order valence-corrected chi connectivity index (χ3v) is 3.91. The number of pyridine rings is 1. The van der Waals surface area contributed by atoms with Crippen LogP contribution in [-0.2, 0) is 14.3 Å². The van der Waals surface area contributed by atoms with Gasteiger partial charge in [0.15, 0.2) is 5.78 Å². The predicted molar refractivity (Wildman–Crippen MR) is 103 cm³/mol. The normalized spacial score (nSPS) is 11.2. The first-order valence-corrected chi connectivity index (χ1v) is 8.56. The number of carbonyl (C=O) groups is 2. The molecule has 0 aliphatic heterocycles. The molecule has 0 N–H and O–H groups in total. The van der Waals surface area contributed by atoms with E-state index in [2.05, 4.69) is 4.98 Å². The molecule has 1 aromatic heterocycles. The van der Waals surface area contributed by atoms with Gasteiger partial charge >= 0.3 is 5.97 Å². The maximum atomic E-state index is 12.4. The molecule has 0 aliphatic rings. The zero-order valence-corrected chi connectivity index (χ0v) is 14.9. The molecule has 27 heavy (non-hydrogen) atoms. The molecule has 0 amide bonds. The van der Waals surface area contributed by atoms with Gasteiger partial charge in [0.2, 0.25) is 0 Å². The smallest absolute Gasteiger partial charge is 0.341 e. The highest BCUT2D eigenvalue weighted by Crippen LogP contribution is 2.19. The van der Waals surface area contributed by atoms with Crippen molar-refractivity contribution < 1.29 is 19.1 Å². The second-order valence-electron chi connectivity index (χ2n) is 5.83. The van der Waals surface area contributed by atoms with Crippen molar-refractivity contribution in [1.29, 1.82) is 0 Å². The number of Topliss-reactive ketones (excluding diaryl/α,β-unsaturated/α-hetero) is 1. The summed E-state index contributed by atoms with van der Waals surface area (Å²) in [6.45, 7) is 1.60. The number of ether oxygens (including phenoxy) is 2. The first-order chi connectivity index (χ1) is 13.1. The minimum Gasteiger partial charge on any atom is -0.490 e. The van der Waals surface area contributed by atoms with E-state index in [0.717, 1.165) is 16.5 Å². The van der Waals surface area contributed by atoms with E-state index in [4.69, 9.17) is 9.47 Å². The quantitative estimate of drug-likeness (QED) is 0.210. The molecule has 0 bridgehead atoms. The number of ketones is 1. The van der Waals surface area contributed by atoms with Crippen LogP contribution >= 0.6 is 0 Å². The summed E-state index contributed by atoms with van der Waals surface area (Å²) in [6, 6.07) is 18.5. The van der Waals surface area contributed by atoms with Crippen LogP contribution in [0.25, 0.3) is 17.0 Å². The summed E-state index contributed by atoms with van der Waals surface area (Å²) in [5.41, 5.74) is 1.52. The van der Waals surface area contributed by atoms with E-state index in [-0.39, 0.29) is 24.6 Å². The molecule has 136 valence electrons. The first kappa shape index (κ1) is 18.3. The Morgan fingerprint density at radius 3 is 2.48 bits per heavy atom. The Hall–Kier alpha value is -3.47. The molecule has 0 unspecified atom stereocenters. The van der Waals surface area contributed by atoms with Gasteiger partial charge in [-0.3, -0.25) is 9.78 Å². The van der Waals surface area contributed by atoms with Crippen molar-refractivity contribution in [1.82, 2.24) is 4.98 Å². The lowest BCUT2D eigenvalue weighted by molar-refractivity contribution is -0.140. The van der Waals surface area contributed by atoms with Crippen molar-refractivity contribution in [2.45, 2.75) is 6.92 Å². The molecule has 0 fully saturated rings. The van der Waals surface area contributed by atoms with E-state index < -0.39 is 5.97 Å². The van der Waals surface area contributed by atoms with Gasteiger partial charge in [0.05, 0.1) is 5.52 Å². The Morgan fingerprint density at radius 2 is 1.70 bits per heavy atom. The maximum absolute atomic E-state index is 12.4. The fraction of sp³-hybridized carbons (Fsp3) is 0.136. The average molecular weight is 361 g/mol. The Kier molecular flexibility index (Phi) is 5.94. The molecule has 0 radical (unpaired) electrons. The summed E-state index contributed by atoms with van der Waals surface area (Å²) < 4.78 is 10.7. The minimum atomic E-state index is -0.667. The van der Waals surface area contributed by atoms with Crippen LogP contribution in [0.15, 0.2) is 72.4 Å². The highest BCUT2D eigenvalue weighted by atomic mass is 16.6. The number of rotatable bonds is 7. The molecule has 5 heteroatoms. The number of carbonyl (C=O) groups excluding carboxylic acids is 2. The number of esters is 1. The standard InChI is InChI=1S/C22H19NO4/c1-16(24)20(15-17-11-12-23-21-10-6-5-9-19(17)21)22(25)27-14-13-26-18-7-3-2-4-8-18/h2-12,15H,13-14H2,1H3. The van der Waals surface area contributed by atoms with Crippen molar-refractivity contribution in [2.75, 3.05) is 13.2 Å². The van der Waals surface area contributed by atoms with Gasteiger partial charge in [-0.05, 0) is 42.8 Å². The van der Waals surface area contributed by atoms with E-state index in [1.807, 2.05) is 54.6 Å². The van der Waals surface area contributed by atoms with Crippen LogP contribution < -0.4 is 4.74 Å². The summed E-state index contributed by atoms with van der Waals surface area (Å²) in [5, 5.41) is 0.860. The number of hydrogen-bond acceptors (Lipinski definition) is 5. The zero-order valence-electron chi connectivity index (χ0n) is 14.9. The Balaban J connectivity index is 1.70. The molecule has 3 aromatic rings. The molecule has 1 heterocycles. The van der Waals surface area contributed by atoms with Crippen LogP contribution in [0.1, 0.15) is 12.5 Å². The lowest BCUT2D eigenvalue weighted by Crippen LogP contribution is -2.17. The van der Waals surface area contributed by atoms with Crippen LogP contribution in [0.4, 0.5) is 0 Å². The Morgan fingerprint density at radius 1 is 0.963 bits per heavy atom. The Bertz CT molecular complexity index is 975. The van der Waals surface area contributed by atoms with Gasteiger partial charge in [-0.15, -0.1) is 0 Å².